The second kappa shape index (κ2) is 5.61. The van der Waals surface area contributed by atoms with Crippen molar-refractivity contribution >= 4 is 11.7 Å². The number of ether oxygens (including phenoxy) is 2. The number of carbonyl (C=O) groups is 1. The highest BCUT2D eigenvalue weighted by molar-refractivity contribution is 5.91. The Hall–Kier alpha value is -1.55. The van der Waals surface area contributed by atoms with E-state index in [1.165, 1.54) is 7.11 Å². The molecule has 4 heteroatoms. The number of aryl methyl sites for hydroxylation is 1. The minimum Gasteiger partial charge on any atom is -0.465 e. The SMILES string of the molecule is COC(=O)c1ccc(N2C[C@@H](C)O[C@@H](C)C2)cc1C. The molecule has 0 amide bonds. The molecule has 1 aliphatic rings. The van der Waals surface area contributed by atoms with E-state index in [9.17, 15) is 4.79 Å². The summed E-state index contributed by atoms with van der Waals surface area (Å²) < 4.78 is 10.5. The Morgan fingerprint density at radius 1 is 1.32 bits per heavy atom. The lowest BCUT2D eigenvalue weighted by Gasteiger charge is -2.37. The first-order chi connectivity index (χ1) is 9.01. The van der Waals surface area contributed by atoms with Crippen LogP contribution in [0, 0.1) is 6.92 Å². The van der Waals surface area contributed by atoms with E-state index in [0.29, 0.717) is 5.56 Å². The molecule has 0 N–H and O–H groups in total. The second-order valence-corrected chi connectivity index (χ2v) is 5.15. The van der Waals surface area contributed by atoms with Crippen LogP contribution in [0.25, 0.3) is 0 Å². The fraction of sp³-hybridized carbons (Fsp3) is 0.533. The van der Waals surface area contributed by atoms with Crippen molar-refractivity contribution in [1.29, 1.82) is 0 Å². The van der Waals surface area contributed by atoms with E-state index in [1.807, 2.05) is 25.1 Å². The molecule has 0 aliphatic carbocycles. The standard InChI is InChI=1S/C15H21NO3/c1-10-7-13(5-6-14(10)15(17)18-4)16-8-11(2)19-12(3)9-16/h5-7,11-12H,8-9H2,1-4H3/t11-,12+. The Balaban J connectivity index is 2.22. The van der Waals surface area contributed by atoms with Gasteiger partial charge in [-0.25, -0.2) is 4.79 Å². The highest BCUT2D eigenvalue weighted by Crippen LogP contribution is 2.23. The van der Waals surface area contributed by atoms with E-state index in [4.69, 9.17) is 9.47 Å². The van der Waals surface area contributed by atoms with E-state index in [1.54, 1.807) is 0 Å². The van der Waals surface area contributed by atoms with Crippen molar-refractivity contribution in [3.05, 3.63) is 29.3 Å². The minimum atomic E-state index is -0.284. The third-order valence-corrected chi connectivity index (χ3v) is 3.40. The Morgan fingerprint density at radius 2 is 1.95 bits per heavy atom. The molecular formula is C15H21NO3. The van der Waals surface area contributed by atoms with Crippen LogP contribution in [-0.4, -0.2) is 38.4 Å². The predicted molar refractivity (Wildman–Crippen MR) is 74.7 cm³/mol. The maximum atomic E-state index is 11.6. The van der Waals surface area contributed by atoms with E-state index >= 15 is 0 Å². The van der Waals surface area contributed by atoms with Crippen molar-refractivity contribution in [2.24, 2.45) is 0 Å². The zero-order valence-corrected chi connectivity index (χ0v) is 12.0. The van der Waals surface area contributed by atoms with E-state index in [0.717, 1.165) is 24.3 Å². The Labute approximate surface area is 114 Å². The summed E-state index contributed by atoms with van der Waals surface area (Å²) in [4.78, 5) is 13.9. The highest BCUT2D eigenvalue weighted by atomic mass is 16.5. The summed E-state index contributed by atoms with van der Waals surface area (Å²) in [6.07, 6.45) is 0.452. The van der Waals surface area contributed by atoms with E-state index < -0.39 is 0 Å². The van der Waals surface area contributed by atoms with Gasteiger partial charge in [0.2, 0.25) is 0 Å². The molecule has 2 atom stereocenters. The zero-order valence-electron chi connectivity index (χ0n) is 12.0. The molecule has 0 radical (unpaired) electrons. The summed E-state index contributed by atoms with van der Waals surface area (Å²) in [6, 6.07) is 5.85. The van der Waals surface area contributed by atoms with Gasteiger partial charge >= 0.3 is 5.97 Å². The molecule has 2 rings (SSSR count). The van der Waals surface area contributed by atoms with Crippen molar-refractivity contribution in [3.63, 3.8) is 0 Å². The van der Waals surface area contributed by atoms with Crippen LogP contribution in [0.1, 0.15) is 29.8 Å². The lowest BCUT2D eigenvalue weighted by molar-refractivity contribution is -0.00522. The van der Waals surface area contributed by atoms with Gasteiger partial charge in [-0.2, -0.15) is 0 Å². The second-order valence-electron chi connectivity index (χ2n) is 5.15. The fourth-order valence-corrected chi connectivity index (χ4v) is 2.57. The minimum absolute atomic E-state index is 0.226. The van der Waals surface area contributed by atoms with Crippen LogP contribution in [0.5, 0.6) is 0 Å². The largest absolute Gasteiger partial charge is 0.465 e. The molecule has 0 aromatic heterocycles. The molecule has 1 aromatic rings. The molecule has 1 aliphatic heterocycles. The summed E-state index contributed by atoms with van der Waals surface area (Å²) in [6.45, 7) is 7.85. The number of methoxy groups -OCH3 is 1. The maximum Gasteiger partial charge on any atom is 0.338 e. The summed E-state index contributed by atoms with van der Waals surface area (Å²) >= 11 is 0. The van der Waals surface area contributed by atoms with Crippen molar-refractivity contribution in [3.8, 4) is 0 Å². The molecule has 4 nitrogen and oxygen atoms in total. The summed E-state index contributed by atoms with van der Waals surface area (Å²) in [7, 11) is 1.40. The van der Waals surface area contributed by atoms with Crippen LogP contribution in [0.15, 0.2) is 18.2 Å². The number of hydrogen-bond acceptors (Lipinski definition) is 4. The van der Waals surface area contributed by atoms with Gasteiger partial charge in [-0.1, -0.05) is 0 Å². The molecule has 0 unspecified atom stereocenters. The average Bonchev–Trinajstić information content (AvgIpc) is 2.36. The van der Waals surface area contributed by atoms with E-state index in [2.05, 4.69) is 18.7 Å². The molecule has 1 aromatic carbocycles. The van der Waals surface area contributed by atoms with Gasteiger partial charge in [0, 0.05) is 18.8 Å². The molecule has 1 heterocycles. The molecule has 1 fully saturated rings. The van der Waals surface area contributed by atoms with Gasteiger partial charge in [0.05, 0.1) is 24.9 Å². The maximum absolute atomic E-state index is 11.6. The number of nitrogens with zero attached hydrogens (tertiary/aromatic N) is 1. The number of anilines is 1. The van der Waals surface area contributed by atoms with Gasteiger partial charge in [0.25, 0.3) is 0 Å². The van der Waals surface area contributed by atoms with Crippen molar-refractivity contribution in [2.75, 3.05) is 25.1 Å². The summed E-state index contributed by atoms with van der Waals surface area (Å²) in [5.41, 5.74) is 2.70. The van der Waals surface area contributed by atoms with Gasteiger partial charge in [-0.3, -0.25) is 0 Å². The van der Waals surface area contributed by atoms with Crippen LogP contribution in [0.3, 0.4) is 0 Å². The van der Waals surface area contributed by atoms with Crippen molar-refractivity contribution in [2.45, 2.75) is 33.0 Å². The van der Waals surface area contributed by atoms with Crippen LogP contribution in [-0.2, 0) is 9.47 Å². The fourth-order valence-electron chi connectivity index (χ4n) is 2.57. The monoisotopic (exact) mass is 263 g/mol. The smallest absolute Gasteiger partial charge is 0.338 e. The number of carbonyl (C=O) groups excluding carboxylic acids is 1. The van der Waals surface area contributed by atoms with Crippen LogP contribution >= 0.6 is 0 Å². The van der Waals surface area contributed by atoms with Crippen LogP contribution in [0.4, 0.5) is 5.69 Å². The molecule has 19 heavy (non-hydrogen) atoms. The first-order valence-electron chi connectivity index (χ1n) is 6.60. The van der Waals surface area contributed by atoms with Crippen molar-refractivity contribution in [1.82, 2.24) is 0 Å². The third-order valence-electron chi connectivity index (χ3n) is 3.40. The average molecular weight is 263 g/mol. The van der Waals surface area contributed by atoms with Gasteiger partial charge < -0.3 is 14.4 Å². The molecule has 0 saturated carbocycles. The third kappa shape index (κ3) is 3.07. The zero-order chi connectivity index (χ0) is 14.0. The number of esters is 1. The van der Waals surface area contributed by atoms with Gasteiger partial charge in [-0.15, -0.1) is 0 Å². The Morgan fingerprint density at radius 3 is 2.47 bits per heavy atom. The van der Waals surface area contributed by atoms with E-state index in [-0.39, 0.29) is 18.2 Å². The summed E-state index contributed by atoms with van der Waals surface area (Å²) in [5.74, 6) is -0.284. The number of morpholine rings is 1. The van der Waals surface area contributed by atoms with Crippen LogP contribution < -0.4 is 4.90 Å². The predicted octanol–water partition coefficient (Wildman–Crippen LogP) is 2.40. The Kier molecular flexibility index (Phi) is 4.10. The molecule has 0 spiro atoms. The first-order valence-corrected chi connectivity index (χ1v) is 6.60. The topological polar surface area (TPSA) is 38.8 Å². The molecular weight excluding hydrogens is 242 g/mol. The summed E-state index contributed by atoms with van der Waals surface area (Å²) in [5, 5.41) is 0. The van der Waals surface area contributed by atoms with Gasteiger partial charge in [0.15, 0.2) is 0 Å². The normalized spacial score (nSPS) is 23.3. The van der Waals surface area contributed by atoms with Gasteiger partial charge in [0.1, 0.15) is 0 Å². The first kappa shape index (κ1) is 13.9. The number of benzene rings is 1. The lowest BCUT2D eigenvalue weighted by Crippen LogP contribution is -2.45. The molecule has 104 valence electrons. The highest BCUT2D eigenvalue weighted by Gasteiger charge is 2.23. The lowest BCUT2D eigenvalue weighted by atomic mass is 10.1. The molecule has 1 saturated heterocycles. The Bertz CT molecular complexity index is 462. The number of hydrogen-bond donors (Lipinski definition) is 0. The van der Waals surface area contributed by atoms with Crippen molar-refractivity contribution < 1.29 is 14.3 Å². The van der Waals surface area contributed by atoms with Gasteiger partial charge in [-0.05, 0) is 44.5 Å². The number of rotatable bonds is 2. The quantitative estimate of drug-likeness (QED) is 0.768. The van der Waals surface area contributed by atoms with Crippen LogP contribution in [0.2, 0.25) is 0 Å². The molecule has 0 bridgehead atoms.